The van der Waals surface area contributed by atoms with Crippen LogP contribution in [0.3, 0.4) is 0 Å². The number of benzene rings is 1. The van der Waals surface area contributed by atoms with Crippen LogP contribution in [0.4, 0.5) is 11.4 Å². The zero-order chi connectivity index (χ0) is 17.4. The summed E-state index contributed by atoms with van der Waals surface area (Å²) < 4.78 is 11.8. The third-order valence-corrected chi connectivity index (χ3v) is 3.86. The summed E-state index contributed by atoms with van der Waals surface area (Å²) in [6.45, 7) is 4.90. The summed E-state index contributed by atoms with van der Waals surface area (Å²) in [5.74, 6) is 0.840. The molecule has 9 nitrogen and oxygen atoms in total. The number of anilines is 1. The van der Waals surface area contributed by atoms with Gasteiger partial charge in [-0.15, -0.1) is 0 Å². The van der Waals surface area contributed by atoms with Gasteiger partial charge in [0.15, 0.2) is 11.5 Å². The molecule has 1 aromatic heterocycles. The maximum Gasteiger partial charge on any atom is 0.312 e. The van der Waals surface area contributed by atoms with E-state index < -0.39 is 11.0 Å². The van der Waals surface area contributed by atoms with E-state index >= 15 is 0 Å². The number of aromatic nitrogens is 2. The van der Waals surface area contributed by atoms with Gasteiger partial charge < -0.3 is 14.8 Å². The van der Waals surface area contributed by atoms with E-state index in [1.54, 1.807) is 39.0 Å². The van der Waals surface area contributed by atoms with Gasteiger partial charge in [0.25, 0.3) is 0 Å². The molecule has 2 heterocycles. The number of hydrogen-bond acceptors (Lipinski definition) is 6. The van der Waals surface area contributed by atoms with Crippen LogP contribution in [0, 0.1) is 24.0 Å². The Kier molecular flexibility index (Phi) is 3.84. The van der Waals surface area contributed by atoms with E-state index in [-0.39, 0.29) is 24.1 Å². The Bertz CT molecular complexity index is 830. The van der Waals surface area contributed by atoms with Crippen LogP contribution in [0.2, 0.25) is 0 Å². The number of aryl methyl sites for hydroxylation is 1. The summed E-state index contributed by atoms with van der Waals surface area (Å²) >= 11 is 0. The number of ether oxygens (including phenoxy) is 2. The lowest BCUT2D eigenvalue weighted by molar-refractivity contribution is -0.386. The molecular formula is C15H16N4O5. The molecule has 0 bridgehead atoms. The largest absolute Gasteiger partial charge is 0.454 e. The Labute approximate surface area is 137 Å². The van der Waals surface area contributed by atoms with Crippen LogP contribution in [0.5, 0.6) is 11.5 Å². The van der Waals surface area contributed by atoms with Crippen molar-refractivity contribution >= 4 is 17.3 Å². The number of nitrogens with zero attached hydrogens (tertiary/aromatic N) is 3. The van der Waals surface area contributed by atoms with Gasteiger partial charge >= 0.3 is 5.69 Å². The van der Waals surface area contributed by atoms with E-state index in [1.807, 2.05) is 0 Å². The highest BCUT2D eigenvalue weighted by Gasteiger charge is 2.27. The van der Waals surface area contributed by atoms with Gasteiger partial charge in [0.05, 0.1) is 4.92 Å². The summed E-state index contributed by atoms with van der Waals surface area (Å²) in [4.78, 5) is 23.0. The summed E-state index contributed by atoms with van der Waals surface area (Å²) in [6.07, 6.45) is 0. The molecule has 1 amide bonds. The standard InChI is InChI=1S/C15H16N4O5/c1-8-14(19(21)22)9(2)18(17-8)10(3)15(20)16-11-4-5-12-13(6-11)24-7-23-12/h4-6,10H,7H2,1-3H3,(H,16,20)/t10-/m1/s1. The van der Waals surface area contributed by atoms with Crippen molar-refractivity contribution in [3.8, 4) is 11.5 Å². The van der Waals surface area contributed by atoms with Crippen LogP contribution >= 0.6 is 0 Å². The molecule has 0 fully saturated rings. The predicted octanol–water partition coefficient (Wildman–Crippen LogP) is 2.34. The van der Waals surface area contributed by atoms with Crippen molar-refractivity contribution in [2.45, 2.75) is 26.8 Å². The molecule has 0 aliphatic carbocycles. The number of fused-ring (bicyclic) bond motifs is 1. The Hall–Kier alpha value is -3.10. The third-order valence-electron chi connectivity index (χ3n) is 3.86. The maximum absolute atomic E-state index is 12.4. The van der Waals surface area contributed by atoms with Crippen LogP contribution in [0.25, 0.3) is 0 Å². The van der Waals surface area contributed by atoms with Gasteiger partial charge in [0.1, 0.15) is 17.4 Å². The van der Waals surface area contributed by atoms with E-state index in [2.05, 4.69) is 10.4 Å². The van der Waals surface area contributed by atoms with Crippen molar-refractivity contribution in [3.63, 3.8) is 0 Å². The summed E-state index contributed by atoms with van der Waals surface area (Å²) in [7, 11) is 0. The quantitative estimate of drug-likeness (QED) is 0.680. The highest BCUT2D eigenvalue weighted by molar-refractivity contribution is 5.93. The minimum absolute atomic E-state index is 0.0715. The molecular weight excluding hydrogens is 316 g/mol. The average Bonchev–Trinajstić information content (AvgIpc) is 3.10. The normalized spacial score (nSPS) is 13.6. The van der Waals surface area contributed by atoms with Gasteiger partial charge in [-0.1, -0.05) is 0 Å². The molecule has 9 heteroatoms. The highest BCUT2D eigenvalue weighted by atomic mass is 16.7. The second-order valence-electron chi connectivity index (χ2n) is 5.45. The number of nitro groups is 1. The predicted molar refractivity (Wildman–Crippen MR) is 84.3 cm³/mol. The van der Waals surface area contributed by atoms with Gasteiger partial charge in [-0.05, 0) is 32.9 Å². The maximum atomic E-state index is 12.4. The number of carbonyl (C=O) groups excluding carboxylic acids is 1. The Morgan fingerprint density at radius 2 is 2.08 bits per heavy atom. The van der Waals surface area contributed by atoms with Gasteiger partial charge in [0, 0.05) is 11.8 Å². The fraction of sp³-hybridized carbons (Fsp3) is 0.333. The molecule has 1 aromatic carbocycles. The van der Waals surface area contributed by atoms with Crippen molar-refractivity contribution in [3.05, 3.63) is 39.7 Å². The molecule has 3 rings (SSSR count). The van der Waals surface area contributed by atoms with E-state index in [4.69, 9.17) is 9.47 Å². The third kappa shape index (κ3) is 2.64. The molecule has 2 aromatic rings. The smallest absolute Gasteiger partial charge is 0.312 e. The molecule has 1 atom stereocenters. The first-order valence-electron chi connectivity index (χ1n) is 7.29. The second kappa shape index (κ2) is 5.84. The number of nitrogens with one attached hydrogen (secondary N) is 1. The lowest BCUT2D eigenvalue weighted by Crippen LogP contribution is -2.25. The first kappa shape index (κ1) is 15.8. The number of amides is 1. The monoisotopic (exact) mass is 332 g/mol. The molecule has 126 valence electrons. The van der Waals surface area contributed by atoms with Crippen LogP contribution in [0.15, 0.2) is 18.2 Å². The van der Waals surface area contributed by atoms with Crippen LogP contribution in [0.1, 0.15) is 24.4 Å². The molecule has 1 aliphatic heterocycles. The van der Waals surface area contributed by atoms with E-state index in [0.29, 0.717) is 22.9 Å². The Morgan fingerprint density at radius 1 is 1.38 bits per heavy atom. The van der Waals surface area contributed by atoms with Crippen molar-refractivity contribution in [1.82, 2.24) is 9.78 Å². The zero-order valence-electron chi connectivity index (χ0n) is 13.4. The van der Waals surface area contributed by atoms with Gasteiger partial charge in [-0.3, -0.25) is 19.6 Å². The number of hydrogen-bond donors (Lipinski definition) is 1. The van der Waals surface area contributed by atoms with Crippen LogP contribution in [-0.4, -0.2) is 27.4 Å². The molecule has 0 unspecified atom stereocenters. The zero-order valence-corrected chi connectivity index (χ0v) is 13.4. The molecule has 1 aliphatic rings. The lowest BCUT2D eigenvalue weighted by Gasteiger charge is -2.14. The topological polar surface area (TPSA) is 109 Å². The number of rotatable bonds is 4. The fourth-order valence-electron chi connectivity index (χ4n) is 2.63. The van der Waals surface area contributed by atoms with Crippen LogP contribution in [-0.2, 0) is 4.79 Å². The molecule has 0 spiro atoms. The van der Waals surface area contributed by atoms with Gasteiger partial charge in [0.2, 0.25) is 12.7 Å². The van der Waals surface area contributed by atoms with Crippen molar-refractivity contribution in [2.24, 2.45) is 0 Å². The Morgan fingerprint density at radius 3 is 2.75 bits per heavy atom. The first-order chi connectivity index (χ1) is 11.4. The van der Waals surface area contributed by atoms with Crippen LogP contribution < -0.4 is 14.8 Å². The minimum atomic E-state index is -0.706. The van der Waals surface area contributed by atoms with Crippen molar-refractivity contribution in [1.29, 1.82) is 0 Å². The highest BCUT2D eigenvalue weighted by Crippen LogP contribution is 2.34. The van der Waals surface area contributed by atoms with Gasteiger partial charge in [-0.2, -0.15) is 5.10 Å². The van der Waals surface area contributed by atoms with E-state index in [0.717, 1.165) is 0 Å². The SMILES string of the molecule is Cc1nn([C@H](C)C(=O)Nc2ccc3c(c2)OCO3)c(C)c1[N+](=O)[O-]. The fourth-order valence-corrected chi connectivity index (χ4v) is 2.63. The second-order valence-corrected chi connectivity index (χ2v) is 5.45. The van der Waals surface area contributed by atoms with E-state index in [1.165, 1.54) is 4.68 Å². The van der Waals surface area contributed by atoms with Gasteiger partial charge in [-0.25, -0.2) is 0 Å². The van der Waals surface area contributed by atoms with E-state index in [9.17, 15) is 14.9 Å². The summed E-state index contributed by atoms with van der Waals surface area (Å²) in [5.41, 5.74) is 1.09. The molecule has 1 N–H and O–H groups in total. The molecule has 24 heavy (non-hydrogen) atoms. The summed E-state index contributed by atoms with van der Waals surface area (Å²) in [6, 6.07) is 4.36. The van der Waals surface area contributed by atoms with Crippen molar-refractivity contribution in [2.75, 3.05) is 12.1 Å². The van der Waals surface area contributed by atoms with Crippen molar-refractivity contribution < 1.29 is 19.2 Å². The molecule has 0 saturated heterocycles. The molecule has 0 saturated carbocycles. The Balaban J connectivity index is 1.80. The number of carbonyl (C=O) groups is 1. The summed E-state index contributed by atoms with van der Waals surface area (Å²) in [5, 5.41) is 17.9. The average molecular weight is 332 g/mol. The molecule has 0 radical (unpaired) electrons. The lowest BCUT2D eigenvalue weighted by atomic mass is 10.2. The minimum Gasteiger partial charge on any atom is -0.454 e. The first-order valence-corrected chi connectivity index (χ1v) is 7.29.